The van der Waals surface area contributed by atoms with Crippen LogP contribution in [-0.2, 0) is 5.41 Å². The first kappa shape index (κ1) is 21.7. The van der Waals surface area contributed by atoms with Crippen molar-refractivity contribution in [2.75, 3.05) is 20.3 Å². The molecule has 0 radical (unpaired) electrons. The van der Waals surface area contributed by atoms with Gasteiger partial charge in [0.2, 0.25) is 0 Å². The normalized spacial score (nSPS) is 20.2. The molecule has 1 atom stereocenters. The minimum atomic E-state index is 0. The summed E-state index contributed by atoms with van der Waals surface area (Å²) in [5.41, 5.74) is 8.81. The molecule has 1 heterocycles. The summed E-state index contributed by atoms with van der Waals surface area (Å²) in [6, 6.07) is 16.7. The number of nitrogens with two attached hydrogens (primary N) is 1. The Hall–Kier alpha value is -1.96. The summed E-state index contributed by atoms with van der Waals surface area (Å²) in [6.45, 7) is 1.39. The standard InChI is InChI=1S/C23H29N3O2.HI/c1-27-18-8-6-7-17(15-18)23(12-4-5-13-23)16-25-22(24)26-20-11-14-28-21-10-3-2-9-19(20)21;/h2-3,6-10,15,20H,4-5,11-14,16H2,1H3,(H3,24,25,26);1H. The van der Waals surface area contributed by atoms with E-state index in [2.05, 4.69) is 29.6 Å². The van der Waals surface area contributed by atoms with Crippen molar-refractivity contribution in [2.45, 2.75) is 43.6 Å². The Morgan fingerprint density at radius 1 is 1.21 bits per heavy atom. The molecule has 0 spiro atoms. The van der Waals surface area contributed by atoms with E-state index in [-0.39, 0.29) is 35.4 Å². The second-order valence-corrected chi connectivity index (χ2v) is 7.79. The Labute approximate surface area is 190 Å². The molecule has 0 aromatic heterocycles. The van der Waals surface area contributed by atoms with E-state index in [1.807, 2.05) is 24.3 Å². The maximum atomic E-state index is 6.31. The van der Waals surface area contributed by atoms with Gasteiger partial charge in [-0.2, -0.15) is 0 Å². The van der Waals surface area contributed by atoms with Crippen LogP contribution in [0.2, 0.25) is 0 Å². The SMILES string of the molecule is COc1cccc(C2(CN=C(N)NC3CCOc4ccccc43)CCCC2)c1.I. The van der Waals surface area contributed by atoms with E-state index in [4.69, 9.17) is 20.2 Å². The van der Waals surface area contributed by atoms with Gasteiger partial charge in [0.15, 0.2) is 5.96 Å². The average Bonchev–Trinajstić information content (AvgIpc) is 3.23. The summed E-state index contributed by atoms with van der Waals surface area (Å²) in [7, 11) is 1.71. The Morgan fingerprint density at radius 3 is 2.79 bits per heavy atom. The Balaban J connectivity index is 0.00000240. The molecule has 1 aliphatic carbocycles. The molecule has 0 amide bonds. The number of hydrogen-bond donors (Lipinski definition) is 2. The monoisotopic (exact) mass is 507 g/mol. The molecule has 1 saturated carbocycles. The molecule has 2 aromatic rings. The lowest BCUT2D eigenvalue weighted by molar-refractivity contribution is 0.262. The second kappa shape index (κ2) is 9.69. The number of fused-ring (bicyclic) bond motifs is 1. The molecule has 1 unspecified atom stereocenters. The number of nitrogens with one attached hydrogen (secondary N) is 1. The fourth-order valence-electron chi connectivity index (χ4n) is 4.50. The summed E-state index contributed by atoms with van der Waals surface area (Å²) < 4.78 is 11.2. The van der Waals surface area contributed by atoms with Gasteiger partial charge in [0.05, 0.1) is 26.3 Å². The zero-order valence-corrected chi connectivity index (χ0v) is 19.2. The van der Waals surface area contributed by atoms with Crippen molar-refractivity contribution in [2.24, 2.45) is 10.7 Å². The third-order valence-electron chi connectivity index (χ3n) is 6.08. The molecule has 1 fully saturated rings. The molecule has 1 aliphatic heterocycles. The summed E-state index contributed by atoms with van der Waals surface area (Å²) in [5.74, 6) is 2.34. The fraction of sp³-hybridized carbons (Fsp3) is 0.435. The van der Waals surface area contributed by atoms with Crippen LogP contribution in [0.4, 0.5) is 0 Å². The molecule has 2 aromatic carbocycles. The number of guanidine groups is 1. The van der Waals surface area contributed by atoms with Gasteiger partial charge in [0.25, 0.3) is 0 Å². The van der Waals surface area contributed by atoms with Gasteiger partial charge in [-0.3, -0.25) is 4.99 Å². The van der Waals surface area contributed by atoms with Gasteiger partial charge < -0.3 is 20.5 Å². The van der Waals surface area contributed by atoms with Crippen LogP contribution in [0.1, 0.15) is 49.3 Å². The van der Waals surface area contributed by atoms with Crippen LogP contribution < -0.4 is 20.5 Å². The third-order valence-corrected chi connectivity index (χ3v) is 6.08. The van der Waals surface area contributed by atoms with Crippen molar-refractivity contribution in [3.63, 3.8) is 0 Å². The summed E-state index contributed by atoms with van der Waals surface area (Å²) in [6.07, 6.45) is 5.61. The molecule has 5 nitrogen and oxygen atoms in total. The molecule has 4 rings (SSSR count). The van der Waals surface area contributed by atoms with Crippen LogP contribution in [0.25, 0.3) is 0 Å². The van der Waals surface area contributed by atoms with Crippen molar-refractivity contribution in [1.82, 2.24) is 5.32 Å². The van der Waals surface area contributed by atoms with Gasteiger partial charge in [-0.05, 0) is 36.6 Å². The van der Waals surface area contributed by atoms with Crippen molar-refractivity contribution >= 4 is 29.9 Å². The van der Waals surface area contributed by atoms with E-state index in [0.717, 1.165) is 36.3 Å². The van der Waals surface area contributed by atoms with Crippen LogP contribution >= 0.6 is 24.0 Å². The van der Waals surface area contributed by atoms with E-state index >= 15 is 0 Å². The lowest BCUT2D eigenvalue weighted by Crippen LogP contribution is -2.38. The molecular weight excluding hydrogens is 477 g/mol. The maximum Gasteiger partial charge on any atom is 0.189 e. The third kappa shape index (κ3) is 4.79. The van der Waals surface area contributed by atoms with Crippen LogP contribution in [0.15, 0.2) is 53.5 Å². The number of para-hydroxylation sites is 1. The zero-order valence-electron chi connectivity index (χ0n) is 16.9. The van der Waals surface area contributed by atoms with Gasteiger partial charge in [0, 0.05) is 17.4 Å². The average molecular weight is 507 g/mol. The first-order chi connectivity index (χ1) is 13.7. The van der Waals surface area contributed by atoms with E-state index < -0.39 is 0 Å². The van der Waals surface area contributed by atoms with Crippen molar-refractivity contribution in [1.29, 1.82) is 0 Å². The van der Waals surface area contributed by atoms with Gasteiger partial charge in [0.1, 0.15) is 11.5 Å². The largest absolute Gasteiger partial charge is 0.497 e. The minimum Gasteiger partial charge on any atom is -0.497 e. The quantitative estimate of drug-likeness (QED) is 0.354. The van der Waals surface area contributed by atoms with Gasteiger partial charge in [-0.1, -0.05) is 43.2 Å². The van der Waals surface area contributed by atoms with Gasteiger partial charge >= 0.3 is 0 Å². The minimum absolute atomic E-state index is 0. The molecule has 6 heteroatoms. The summed E-state index contributed by atoms with van der Waals surface area (Å²) in [4.78, 5) is 4.78. The molecule has 3 N–H and O–H groups in total. The predicted molar refractivity (Wildman–Crippen MR) is 127 cm³/mol. The highest BCUT2D eigenvalue weighted by molar-refractivity contribution is 14.0. The van der Waals surface area contributed by atoms with Crippen LogP contribution in [0, 0.1) is 0 Å². The highest BCUT2D eigenvalue weighted by Gasteiger charge is 2.36. The smallest absolute Gasteiger partial charge is 0.189 e. The first-order valence-corrected chi connectivity index (χ1v) is 10.1. The van der Waals surface area contributed by atoms with Crippen LogP contribution in [-0.4, -0.2) is 26.2 Å². The number of hydrogen-bond acceptors (Lipinski definition) is 3. The van der Waals surface area contributed by atoms with E-state index in [1.54, 1.807) is 7.11 Å². The lowest BCUT2D eigenvalue weighted by atomic mass is 9.79. The fourth-order valence-corrected chi connectivity index (χ4v) is 4.50. The number of ether oxygens (including phenoxy) is 2. The Bertz CT molecular complexity index is 850. The van der Waals surface area contributed by atoms with Gasteiger partial charge in [-0.25, -0.2) is 0 Å². The molecule has 0 bridgehead atoms. The van der Waals surface area contributed by atoms with Crippen LogP contribution in [0.5, 0.6) is 11.5 Å². The van der Waals surface area contributed by atoms with Gasteiger partial charge in [-0.15, -0.1) is 24.0 Å². The number of benzene rings is 2. The highest BCUT2D eigenvalue weighted by Crippen LogP contribution is 2.42. The number of nitrogens with zero attached hydrogens (tertiary/aromatic N) is 1. The van der Waals surface area contributed by atoms with Crippen molar-refractivity contribution in [3.8, 4) is 11.5 Å². The summed E-state index contributed by atoms with van der Waals surface area (Å²) in [5, 5.41) is 3.41. The lowest BCUT2D eigenvalue weighted by Gasteiger charge is -2.29. The van der Waals surface area contributed by atoms with E-state index in [9.17, 15) is 0 Å². The van der Waals surface area contributed by atoms with Crippen molar-refractivity contribution in [3.05, 3.63) is 59.7 Å². The summed E-state index contributed by atoms with van der Waals surface area (Å²) >= 11 is 0. The zero-order chi connectivity index (χ0) is 19.4. The maximum absolute atomic E-state index is 6.31. The van der Waals surface area contributed by atoms with Crippen molar-refractivity contribution < 1.29 is 9.47 Å². The second-order valence-electron chi connectivity index (χ2n) is 7.79. The first-order valence-electron chi connectivity index (χ1n) is 10.1. The molecule has 2 aliphatic rings. The van der Waals surface area contributed by atoms with E-state index in [0.29, 0.717) is 19.1 Å². The van der Waals surface area contributed by atoms with Crippen LogP contribution in [0.3, 0.4) is 0 Å². The number of methoxy groups -OCH3 is 1. The number of halogens is 1. The molecule has 0 saturated heterocycles. The molecule has 29 heavy (non-hydrogen) atoms. The number of rotatable bonds is 5. The number of aliphatic imine (C=N–C) groups is 1. The van der Waals surface area contributed by atoms with E-state index in [1.165, 1.54) is 18.4 Å². The Kier molecular flexibility index (Phi) is 7.27. The Morgan fingerprint density at radius 2 is 2.00 bits per heavy atom. The predicted octanol–water partition coefficient (Wildman–Crippen LogP) is 4.55. The molecular formula is C23H30IN3O2. The topological polar surface area (TPSA) is 68.9 Å². The molecule has 156 valence electrons. The highest BCUT2D eigenvalue weighted by atomic mass is 127.